The summed E-state index contributed by atoms with van der Waals surface area (Å²) < 4.78 is 28.7. The highest BCUT2D eigenvalue weighted by molar-refractivity contribution is 5.88. The summed E-state index contributed by atoms with van der Waals surface area (Å²) in [5.41, 5.74) is 6.67. The van der Waals surface area contributed by atoms with Crippen molar-refractivity contribution in [2.24, 2.45) is 0 Å². The van der Waals surface area contributed by atoms with Crippen molar-refractivity contribution >= 4 is 0 Å². The molecule has 5 heteroatoms. The van der Waals surface area contributed by atoms with Gasteiger partial charge in [-0.2, -0.15) is 0 Å². The lowest BCUT2D eigenvalue weighted by molar-refractivity contribution is 0.146. The Labute approximate surface area is 211 Å². The molecule has 0 unspecified atom stereocenters. The molecule has 0 radical (unpaired) electrons. The molecule has 5 nitrogen and oxygen atoms in total. The normalized spacial score (nSPS) is 13.8. The lowest BCUT2D eigenvalue weighted by atomic mass is 9.66. The van der Waals surface area contributed by atoms with E-state index in [2.05, 4.69) is 60.7 Å². The predicted molar refractivity (Wildman–Crippen MR) is 139 cm³/mol. The molecule has 1 spiro atoms. The molecule has 4 aromatic carbocycles. The van der Waals surface area contributed by atoms with Crippen molar-refractivity contribution in [1.82, 2.24) is 0 Å². The van der Waals surface area contributed by atoms with Gasteiger partial charge in [-0.3, -0.25) is 0 Å². The molecule has 0 fully saturated rings. The molecule has 0 N–H and O–H groups in total. The predicted octanol–water partition coefficient (Wildman–Crippen LogP) is 6.21. The molecule has 0 atom stereocenters. The maximum absolute atomic E-state index is 6.57. The lowest BCUT2D eigenvalue weighted by Gasteiger charge is -2.39. The van der Waals surface area contributed by atoms with E-state index >= 15 is 0 Å². The lowest BCUT2D eigenvalue weighted by Crippen LogP contribution is -2.32. The number of hydrogen-bond acceptors (Lipinski definition) is 5. The van der Waals surface area contributed by atoms with Crippen LogP contribution in [0.5, 0.6) is 23.0 Å². The van der Waals surface area contributed by atoms with Crippen LogP contribution in [0.2, 0.25) is 0 Å². The van der Waals surface area contributed by atoms with Crippen LogP contribution in [0.3, 0.4) is 0 Å². The zero-order valence-corrected chi connectivity index (χ0v) is 20.5. The Morgan fingerprint density at radius 3 is 1.50 bits per heavy atom. The average molecular weight is 481 g/mol. The Morgan fingerprint density at radius 1 is 0.556 bits per heavy atom. The van der Waals surface area contributed by atoms with Crippen molar-refractivity contribution in [3.63, 3.8) is 0 Å². The molecule has 2 aliphatic rings. The molecule has 6 rings (SSSR count). The number of hydrogen-bond donors (Lipinski definition) is 0. The van der Waals surface area contributed by atoms with Crippen LogP contribution < -0.4 is 14.2 Å². The highest BCUT2D eigenvalue weighted by Gasteiger charge is 2.51. The zero-order chi connectivity index (χ0) is 24.5. The highest BCUT2D eigenvalue weighted by Crippen LogP contribution is 2.62. The molecule has 0 aromatic heterocycles. The molecular formula is C31H28O5. The van der Waals surface area contributed by atoms with Crippen LogP contribution in [-0.2, 0) is 14.9 Å². The van der Waals surface area contributed by atoms with Gasteiger partial charge < -0.3 is 23.7 Å². The molecule has 0 saturated heterocycles. The Morgan fingerprint density at radius 2 is 1.03 bits per heavy atom. The molecule has 182 valence electrons. The minimum atomic E-state index is -0.508. The first-order valence-electron chi connectivity index (χ1n) is 12.2. The smallest absolute Gasteiger partial charge is 0.135 e. The second kappa shape index (κ2) is 9.34. The maximum atomic E-state index is 6.57. The van der Waals surface area contributed by atoms with Gasteiger partial charge in [0.1, 0.15) is 36.2 Å². The van der Waals surface area contributed by atoms with Crippen molar-refractivity contribution in [3.8, 4) is 34.1 Å². The summed E-state index contributed by atoms with van der Waals surface area (Å²) in [6.45, 7) is 1.99. The third kappa shape index (κ3) is 3.47. The molecule has 1 heterocycles. The highest BCUT2D eigenvalue weighted by atomic mass is 16.5. The first-order chi connectivity index (χ1) is 17.8. The van der Waals surface area contributed by atoms with Crippen LogP contribution >= 0.6 is 0 Å². The van der Waals surface area contributed by atoms with E-state index in [0.717, 1.165) is 34.1 Å². The van der Waals surface area contributed by atoms with Gasteiger partial charge in [-0.15, -0.1) is 0 Å². The van der Waals surface area contributed by atoms with E-state index in [1.54, 1.807) is 14.2 Å². The monoisotopic (exact) mass is 480 g/mol. The third-order valence-electron chi connectivity index (χ3n) is 7.00. The number of fused-ring (bicyclic) bond motifs is 9. The SMILES string of the molecule is COCCOc1ccc2c(c1)Oc1cc(OCCOC)ccc1C21c2ccccc2-c2ccccc21. The van der Waals surface area contributed by atoms with Crippen LogP contribution in [-0.4, -0.2) is 40.6 Å². The molecular weight excluding hydrogens is 452 g/mol. The minimum Gasteiger partial charge on any atom is -0.491 e. The van der Waals surface area contributed by atoms with E-state index in [-0.39, 0.29) is 0 Å². The van der Waals surface area contributed by atoms with Crippen LogP contribution in [0.1, 0.15) is 22.3 Å². The summed E-state index contributed by atoms with van der Waals surface area (Å²) in [4.78, 5) is 0. The standard InChI is InChI=1S/C31H28O5/c1-32-15-17-34-21-11-13-27-29(19-21)36-30-20-22(35-18-16-33-2)12-14-28(30)31(27)25-9-5-3-7-23(25)24-8-4-6-10-26(24)31/h3-14,19-20H,15-18H2,1-2H3. The van der Waals surface area contributed by atoms with Gasteiger partial charge in [-0.25, -0.2) is 0 Å². The summed E-state index contributed by atoms with van der Waals surface area (Å²) in [5, 5.41) is 0. The first-order valence-corrected chi connectivity index (χ1v) is 12.2. The molecule has 1 aliphatic carbocycles. The van der Waals surface area contributed by atoms with Gasteiger partial charge in [-0.05, 0) is 34.4 Å². The van der Waals surface area contributed by atoms with Gasteiger partial charge in [0.25, 0.3) is 0 Å². The molecule has 4 aromatic rings. The van der Waals surface area contributed by atoms with Gasteiger partial charge in [0.05, 0.1) is 18.6 Å². The zero-order valence-electron chi connectivity index (χ0n) is 20.5. The van der Waals surface area contributed by atoms with E-state index in [1.807, 2.05) is 24.3 Å². The van der Waals surface area contributed by atoms with E-state index in [4.69, 9.17) is 23.7 Å². The number of rotatable bonds is 8. The summed E-state index contributed by atoms with van der Waals surface area (Å²) in [5.74, 6) is 3.05. The van der Waals surface area contributed by atoms with E-state index in [9.17, 15) is 0 Å². The van der Waals surface area contributed by atoms with Gasteiger partial charge in [0, 0.05) is 37.5 Å². The largest absolute Gasteiger partial charge is 0.491 e. The van der Waals surface area contributed by atoms with Crippen molar-refractivity contribution in [1.29, 1.82) is 0 Å². The molecule has 36 heavy (non-hydrogen) atoms. The summed E-state index contributed by atoms with van der Waals surface area (Å²) >= 11 is 0. The average Bonchev–Trinajstić information content (AvgIpc) is 3.20. The minimum absolute atomic E-state index is 0.472. The second-order valence-electron chi connectivity index (χ2n) is 8.94. The fraction of sp³-hybridized carbons (Fsp3) is 0.226. The van der Waals surface area contributed by atoms with E-state index in [1.165, 1.54) is 22.3 Å². The van der Waals surface area contributed by atoms with Gasteiger partial charge >= 0.3 is 0 Å². The Balaban J connectivity index is 1.57. The number of benzene rings is 4. The Kier molecular flexibility index (Phi) is 5.88. The van der Waals surface area contributed by atoms with Gasteiger partial charge in [0.15, 0.2) is 0 Å². The molecule has 0 saturated carbocycles. The second-order valence-corrected chi connectivity index (χ2v) is 8.94. The quantitative estimate of drug-likeness (QED) is 0.243. The van der Waals surface area contributed by atoms with Crippen LogP contribution in [0.25, 0.3) is 11.1 Å². The Hall–Kier alpha value is -3.80. The topological polar surface area (TPSA) is 46.2 Å². The van der Waals surface area contributed by atoms with Crippen molar-refractivity contribution < 1.29 is 23.7 Å². The van der Waals surface area contributed by atoms with Crippen LogP contribution in [0.15, 0.2) is 84.9 Å². The van der Waals surface area contributed by atoms with Crippen LogP contribution in [0.4, 0.5) is 0 Å². The summed E-state index contributed by atoms with van der Waals surface area (Å²) in [6, 6.07) is 29.6. The summed E-state index contributed by atoms with van der Waals surface area (Å²) in [7, 11) is 3.34. The first kappa shape index (κ1) is 22.7. The molecule has 0 amide bonds. The Bertz CT molecular complexity index is 1300. The fourth-order valence-corrected chi connectivity index (χ4v) is 5.54. The third-order valence-corrected chi connectivity index (χ3v) is 7.00. The van der Waals surface area contributed by atoms with Crippen molar-refractivity contribution in [3.05, 3.63) is 107 Å². The molecule has 1 aliphatic heterocycles. The van der Waals surface area contributed by atoms with Crippen LogP contribution in [0, 0.1) is 0 Å². The number of methoxy groups -OCH3 is 2. The summed E-state index contributed by atoms with van der Waals surface area (Å²) in [6.07, 6.45) is 0. The van der Waals surface area contributed by atoms with Crippen molar-refractivity contribution in [2.45, 2.75) is 5.41 Å². The molecule has 0 bridgehead atoms. The van der Waals surface area contributed by atoms with E-state index < -0.39 is 5.41 Å². The maximum Gasteiger partial charge on any atom is 0.135 e. The van der Waals surface area contributed by atoms with Crippen molar-refractivity contribution in [2.75, 3.05) is 40.6 Å². The van der Waals surface area contributed by atoms with E-state index in [0.29, 0.717) is 26.4 Å². The van der Waals surface area contributed by atoms with Gasteiger partial charge in [-0.1, -0.05) is 60.7 Å². The fourth-order valence-electron chi connectivity index (χ4n) is 5.54. The van der Waals surface area contributed by atoms with Gasteiger partial charge in [0.2, 0.25) is 0 Å². The number of ether oxygens (including phenoxy) is 5.